The highest BCUT2D eigenvalue weighted by atomic mass is 19.1. The Morgan fingerprint density at radius 2 is 1.80 bits per heavy atom. The SMILES string of the molecule is C[C@H](CC(C)(C)C)c1ccc(F)cc1F. The van der Waals surface area contributed by atoms with E-state index in [0.717, 1.165) is 12.5 Å². The zero-order valence-corrected chi connectivity index (χ0v) is 9.77. The summed E-state index contributed by atoms with van der Waals surface area (Å²) in [6.45, 7) is 8.32. The summed E-state index contributed by atoms with van der Waals surface area (Å²) in [5.41, 5.74) is 0.756. The predicted molar refractivity (Wildman–Crippen MR) is 58.8 cm³/mol. The van der Waals surface area contributed by atoms with Gasteiger partial charge in [-0.1, -0.05) is 33.8 Å². The summed E-state index contributed by atoms with van der Waals surface area (Å²) in [5.74, 6) is -0.837. The first-order chi connectivity index (χ1) is 6.79. The van der Waals surface area contributed by atoms with Gasteiger partial charge in [0, 0.05) is 6.07 Å². The molecule has 0 fully saturated rings. The summed E-state index contributed by atoms with van der Waals surface area (Å²) in [5, 5.41) is 0. The normalized spacial score (nSPS) is 14.0. The van der Waals surface area contributed by atoms with Gasteiger partial charge in [0.15, 0.2) is 0 Å². The van der Waals surface area contributed by atoms with Gasteiger partial charge >= 0.3 is 0 Å². The van der Waals surface area contributed by atoms with Crippen LogP contribution in [0.25, 0.3) is 0 Å². The molecule has 0 aliphatic heterocycles. The second-order valence-electron chi connectivity index (χ2n) is 5.33. The van der Waals surface area contributed by atoms with Crippen molar-refractivity contribution in [3.05, 3.63) is 35.4 Å². The topological polar surface area (TPSA) is 0 Å². The first kappa shape index (κ1) is 12.2. The molecule has 0 amide bonds. The number of rotatable bonds is 2. The Balaban J connectivity index is 2.87. The average Bonchev–Trinajstić information content (AvgIpc) is 1.99. The van der Waals surface area contributed by atoms with Crippen LogP contribution in [0.15, 0.2) is 18.2 Å². The van der Waals surface area contributed by atoms with E-state index in [9.17, 15) is 8.78 Å². The molecule has 0 heterocycles. The summed E-state index contributed by atoms with van der Waals surface area (Å²) in [6, 6.07) is 3.81. The fraction of sp³-hybridized carbons (Fsp3) is 0.538. The van der Waals surface area contributed by atoms with E-state index in [-0.39, 0.29) is 11.3 Å². The summed E-state index contributed by atoms with van der Waals surface area (Å²) in [7, 11) is 0. The van der Waals surface area contributed by atoms with Crippen LogP contribution in [0, 0.1) is 17.0 Å². The quantitative estimate of drug-likeness (QED) is 0.676. The zero-order valence-electron chi connectivity index (χ0n) is 9.77. The van der Waals surface area contributed by atoms with Crippen LogP contribution in [-0.4, -0.2) is 0 Å². The summed E-state index contributed by atoms with van der Waals surface area (Å²) < 4.78 is 26.1. The summed E-state index contributed by atoms with van der Waals surface area (Å²) in [4.78, 5) is 0. The van der Waals surface area contributed by atoms with E-state index in [1.165, 1.54) is 6.07 Å². The number of benzene rings is 1. The highest BCUT2D eigenvalue weighted by Gasteiger charge is 2.19. The highest BCUT2D eigenvalue weighted by molar-refractivity contribution is 5.22. The van der Waals surface area contributed by atoms with Gasteiger partial charge in [-0.15, -0.1) is 0 Å². The van der Waals surface area contributed by atoms with Crippen LogP contribution < -0.4 is 0 Å². The fourth-order valence-corrected chi connectivity index (χ4v) is 1.93. The zero-order chi connectivity index (χ0) is 11.6. The molecule has 0 saturated carbocycles. The van der Waals surface area contributed by atoms with E-state index in [1.54, 1.807) is 6.07 Å². The van der Waals surface area contributed by atoms with E-state index >= 15 is 0 Å². The van der Waals surface area contributed by atoms with E-state index in [2.05, 4.69) is 20.8 Å². The van der Waals surface area contributed by atoms with Crippen molar-refractivity contribution in [3.8, 4) is 0 Å². The largest absolute Gasteiger partial charge is 0.207 e. The maximum Gasteiger partial charge on any atom is 0.129 e. The van der Waals surface area contributed by atoms with Crippen LogP contribution in [0.2, 0.25) is 0 Å². The number of hydrogen-bond donors (Lipinski definition) is 0. The third-order valence-electron chi connectivity index (χ3n) is 2.41. The Hall–Kier alpha value is -0.920. The molecule has 15 heavy (non-hydrogen) atoms. The van der Waals surface area contributed by atoms with Crippen molar-refractivity contribution in [1.29, 1.82) is 0 Å². The lowest BCUT2D eigenvalue weighted by Gasteiger charge is -2.23. The van der Waals surface area contributed by atoms with Gasteiger partial charge < -0.3 is 0 Å². The minimum Gasteiger partial charge on any atom is -0.207 e. The number of halogens is 2. The smallest absolute Gasteiger partial charge is 0.129 e. The first-order valence-electron chi connectivity index (χ1n) is 5.24. The molecule has 0 unspecified atom stereocenters. The second-order valence-corrected chi connectivity index (χ2v) is 5.33. The Bertz CT molecular complexity index is 337. The second kappa shape index (κ2) is 4.30. The van der Waals surface area contributed by atoms with Crippen LogP contribution in [0.3, 0.4) is 0 Å². The van der Waals surface area contributed by atoms with Crippen molar-refractivity contribution in [2.24, 2.45) is 5.41 Å². The van der Waals surface area contributed by atoms with Crippen LogP contribution in [0.4, 0.5) is 8.78 Å². The van der Waals surface area contributed by atoms with Gasteiger partial charge in [-0.05, 0) is 29.4 Å². The van der Waals surface area contributed by atoms with Gasteiger partial charge in [-0.25, -0.2) is 8.78 Å². The van der Waals surface area contributed by atoms with Gasteiger partial charge in [0.25, 0.3) is 0 Å². The molecule has 1 aromatic rings. The van der Waals surface area contributed by atoms with Crippen LogP contribution in [0.5, 0.6) is 0 Å². The Morgan fingerprint density at radius 1 is 1.20 bits per heavy atom. The Kier molecular flexibility index (Phi) is 3.48. The summed E-state index contributed by atoms with van der Waals surface area (Å²) >= 11 is 0. The molecule has 0 aliphatic rings. The maximum atomic E-state index is 13.4. The molecular formula is C13H18F2. The molecule has 1 aromatic carbocycles. The first-order valence-corrected chi connectivity index (χ1v) is 5.24. The van der Waals surface area contributed by atoms with Gasteiger partial charge in [0.2, 0.25) is 0 Å². The van der Waals surface area contributed by atoms with E-state index in [4.69, 9.17) is 0 Å². The van der Waals surface area contributed by atoms with Crippen molar-refractivity contribution in [3.63, 3.8) is 0 Å². The Labute approximate surface area is 90.3 Å². The predicted octanol–water partition coefficient (Wildman–Crippen LogP) is 4.50. The molecule has 0 radical (unpaired) electrons. The molecule has 84 valence electrons. The number of hydrogen-bond acceptors (Lipinski definition) is 0. The molecule has 0 nitrogen and oxygen atoms in total. The third-order valence-corrected chi connectivity index (χ3v) is 2.41. The average molecular weight is 212 g/mol. The van der Waals surface area contributed by atoms with Gasteiger partial charge in [-0.2, -0.15) is 0 Å². The molecule has 0 spiro atoms. The van der Waals surface area contributed by atoms with Crippen molar-refractivity contribution in [2.75, 3.05) is 0 Å². The molecule has 0 saturated heterocycles. The fourth-order valence-electron chi connectivity index (χ4n) is 1.93. The van der Waals surface area contributed by atoms with Gasteiger partial charge in [-0.3, -0.25) is 0 Å². The summed E-state index contributed by atoms with van der Waals surface area (Å²) in [6.07, 6.45) is 0.884. The molecule has 0 aliphatic carbocycles. The van der Waals surface area contributed by atoms with Crippen molar-refractivity contribution < 1.29 is 8.78 Å². The molecule has 0 N–H and O–H groups in total. The highest BCUT2D eigenvalue weighted by Crippen LogP contribution is 2.31. The van der Waals surface area contributed by atoms with E-state index in [0.29, 0.717) is 5.56 Å². The monoisotopic (exact) mass is 212 g/mol. The third kappa shape index (κ3) is 3.61. The molecule has 1 rings (SSSR count). The maximum absolute atomic E-state index is 13.4. The standard InChI is InChI=1S/C13H18F2/c1-9(8-13(2,3)4)11-6-5-10(14)7-12(11)15/h5-7,9H,8H2,1-4H3/t9-/m1/s1. The Morgan fingerprint density at radius 3 is 2.27 bits per heavy atom. The van der Waals surface area contributed by atoms with Crippen LogP contribution in [-0.2, 0) is 0 Å². The molecular weight excluding hydrogens is 194 g/mol. The lowest BCUT2D eigenvalue weighted by atomic mass is 9.82. The minimum absolute atomic E-state index is 0.116. The lowest BCUT2D eigenvalue weighted by molar-refractivity contribution is 0.344. The molecule has 0 aromatic heterocycles. The molecule has 2 heteroatoms. The van der Waals surface area contributed by atoms with Crippen LogP contribution in [0.1, 0.15) is 45.6 Å². The van der Waals surface area contributed by atoms with Crippen molar-refractivity contribution in [1.82, 2.24) is 0 Å². The van der Waals surface area contributed by atoms with Crippen molar-refractivity contribution >= 4 is 0 Å². The van der Waals surface area contributed by atoms with Gasteiger partial charge in [0.05, 0.1) is 0 Å². The van der Waals surface area contributed by atoms with E-state index in [1.807, 2.05) is 6.92 Å². The van der Waals surface area contributed by atoms with Gasteiger partial charge in [0.1, 0.15) is 11.6 Å². The lowest BCUT2D eigenvalue weighted by Crippen LogP contribution is -2.11. The molecule has 1 atom stereocenters. The molecule has 0 bridgehead atoms. The van der Waals surface area contributed by atoms with E-state index < -0.39 is 11.6 Å². The van der Waals surface area contributed by atoms with Crippen LogP contribution >= 0.6 is 0 Å². The minimum atomic E-state index is -0.515. The van der Waals surface area contributed by atoms with Crippen molar-refractivity contribution in [2.45, 2.75) is 40.0 Å².